The predicted molar refractivity (Wildman–Crippen MR) is 60.8 cm³/mol. The highest BCUT2D eigenvalue weighted by molar-refractivity contribution is 8.00. The quantitative estimate of drug-likeness (QED) is 0.810. The molecule has 16 heavy (non-hydrogen) atoms. The normalized spacial score (nSPS) is 21.4. The van der Waals surface area contributed by atoms with Gasteiger partial charge < -0.3 is 0 Å². The topological polar surface area (TPSA) is 17.1 Å². The molecule has 1 unspecified atom stereocenters. The first-order valence-corrected chi connectivity index (χ1v) is 6.29. The Morgan fingerprint density at radius 3 is 2.56 bits per heavy atom. The van der Waals surface area contributed by atoms with Gasteiger partial charge in [-0.3, -0.25) is 4.79 Å². The first-order valence-electron chi connectivity index (χ1n) is 5.13. The van der Waals surface area contributed by atoms with Crippen LogP contribution in [-0.4, -0.2) is 17.3 Å². The van der Waals surface area contributed by atoms with Crippen molar-refractivity contribution in [3.8, 4) is 0 Å². The van der Waals surface area contributed by atoms with Crippen LogP contribution in [0.15, 0.2) is 30.3 Å². The lowest BCUT2D eigenvalue weighted by molar-refractivity contribution is -0.122. The number of thioether (sulfide) groups is 1. The molecule has 0 N–H and O–H groups in total. The number of ketones is 1. The van der Waals surface area contributed by atoms with Crippen LogP contribution >= 0.6 is 11.8 Å². The maximum atomic E-state index is 13.8. The van der Waals surface area contributed by atoms with Gasteiger partial charge in [-0.05, 0) is 0 Å². The van der Waals surface area contributed by atoms with Gasteiger partial charge in [-0.1, -0.05) is 30.3 Å². The minimum atomic E-state index is -2.90. The number of hydrogen-bond acceptors (Lipinski definition) is 2. The molecule has 0 amide bonds. The van der Waals surface area contributed by atoms with Crippen LogP contribution in [0.1, 0.15) is 12.0 Å². The van der Waals surface area contributed by atoms with E-state index >= 15 is 0 Å². The first-order chi connectivity index (χ1) is 7.59. The summed E-state index contributed by atoms with van der Waals surface area (Å²) in [5.74, 6) is -2.51. The number of rotatable bonds is 3. The number of carbonyl (C=O) groups is 1. The molecule has 1 saturated heterocycles. The zero-order valence-corrected chi connectivity index (χ0v) is 9.47. The molecule has 0 spiro atoms. The smallest absolute Gasteiger partial charge is 0.273 e. The molecule has 0 aromatic heterocycles. The molecule has 0 aliphatic carbocycles. The Hall–Kier alpha value is -0.900. The van der Waals surface area contributed by atoms with Crippen molar-refractivity contribution in [2.45, 2.75) is 12.3 Å². The van der Waals surface area contributed by atoms with Gasteiger partial charge in [0.05, 0.1) is 5.75 Å². The number of halogens is 2. The zero-order chi connectivity index (χ0) is 11.6. The van der Waals surface area contributed by atoms with Crippen molar-refractivity contribution in [1.29, 1.82) is 0 Å². The summed E-state index contributed by atoms with van der Waals surface area (Å²) in [4.78, 5) is 11.3. The van der Waals surface area contributed by atoms with Gasteiger partial charge >= 0.3 is 0 Å². The van der Waals surface area contributed by atoms with Gasteiger partial charge in [-0.15, -0.1) is 0 Å². The monoisotopic (exact) mass is 242 g/mol. The van der Waals surface area contributed by atoms with Crippen molar-refractivity contribution in [3.63, 3.8) is 0 Å². The van der Waals surface area contributed by atoms with Crippen LogP contribution < -0.4 is 0 Å². The molecule has 0 radical (unpaired) electrons. The molecule has 1 aliphatic heterocycles. The summed E-state index contributed by atoms with van der Waals surface area (Å²) in [5, 5.41) is 0. The minimum absolute atomic E-state index is 0.000278. The molecule has 86 valence electrons. The van der Waals surface area contributed by atoms with E-state index in [1.807, 2.05) is 0 Å². The highest BCUT2D eigenvalue weighted by Crippen LogP contribution is 2.37. The van der Waals surface area contributed by atoms with E-state index in [9.17, 15) is 13.6 Å². The fourth-order valence-electron chi connectivity index (χ4n) is 1.79. The van der Waals surface area contributed by atoms with Crippen LogP contribution in [-0.2, 0) is 10.7 Å². The predicted octanol–water partition coefficient (Wildman–Crippen LogP) is 3.10. The summed E-state index contributed by atoms with van der Waals surface area (Å²) >= 11 is 1.44. The first kappa shape index (κ1) is 11.6. The summed E-state index contributed by atoms with van der Waals surface area (Å²) in [6, 6.07) is 7.71. The molecule has 1 atom stereocenters. The molecule has 1 heterocycles. The second-order valence-electron chi connectivity index (χ2n) is 3.95. The molecule has 0 bridgehead atoms. The number of benzene rings is 1. The van der Waals surface area contributed by atoms with Gasteiger partial charge in [0, 0.05) is 23.7 Å². The van der Waals surface area contributed by atoms with Crippen LogP contribution in [0.4, 0.5) is 8.78 Å². The number of hydrogen-bond donors (Lipinski definition) is 0. The Kier molecular flexibility index (Phi) is 3.28. The summed E-state index contributed by atoms with van der Waals surface area (Å²) in [6.45, 7) is 0. The van der Waals surface area contributed by atoms with Crippen molar-refractivity contribution in [1.82, 2.24) is 0 Å². The molecule has 0 saturated carbocycles. The molecule has 1 aliphatic rings. The van der Waals surface area contributed by atoms with Gasteiger partial charge in [0.1, 0.15) is 5.78 Å². The second kappa shape index (κ2) is 4.53. The largest absolute Gasteiger partial charge is 0.298 e. The summed E-state index contributed by atoms with van der Waals surface area (Å²) in [7, 11) is 0. The van der Waals surface area contributed by atoms with Crippen molar-refractivity contribution >= 4 is 17.5 Å². The highest BCUT2D eigenvalue weighted by atomic mass is 32.2. The van der Waals surface area contributed by atoms with Crippen molar-refractivity contribution < 1.29 is 13.6 Å². The lowest BCUT2D eigenvalue weighted by atomic mass is 9.95. The maximum Gasteiger partial charge on any atom is 0.273 e. The van der Waals surface area contributed by atoms with E-state index in [-0.39, 0.29) is 17.8 Å². The number of carbonyl (C=O) groups excluding carboxylic acids is 1. The fraction of sp³-hybridized carbons (Fsp3) is 0.417. The SMILES string of the molecule is O=C1CSCC1CC(F)(F)c1ccccc1. The summed E-state index contributed by atoms with van der Waals surface area (Å²) < 4.78 is 27.6. The summed E-state index contributed by atoms with van der Waals surface area (Å²) in [6.07, 6.45) is -0.358. The van der Waals surface area contributed by atoms with Crippen molar-refractivity contribution in [2.75, 3.05) is 11.5 Å². The third-order valence-electron chi connectivity index (χ3n) is 2.72. The van der Waals surface area contributed by atoms with Crippen molar-refractivity contribution in [2.24, 2.45) is 5.92 Å². The van der Waals surface area contributed by atoms with Crippen LogP contribution in [0, 0.1) is 5.92 Å². The molecule has 1 nitrogen and oxygen atoms in total. The third kappa shape index (κ3) is 2.43. The van der Waals surface area contributed by atoms with Crippen molar-refractivity contribution in [3.05, 3.63) is 35.9 Å². The molecule has 2 rings (SSSR count). The van der Waals surface area contributed by atoms with E-state index in [1.165, 1.54) is 23.9 Å². The standard InChI is InChI=1S/C12H12F2OS/c13-12(14,10-4-2-1-3-5-10)6-9-7-16-8-11(9)15/h1-5,9H,6-8H2. The van der Waals surface area contributed by atoms with E-state index in [0.717, 1.165) is 0 Å². The Morgan fingerprint density at radius 1 is 1.31 bits per heavy atom. The fourth-order valence-corrected chi connectivity index (χ4v) is 2.94. The van der Waals surface area contributed by atoms with Crippen LogP contribution in [0.2, 0.25) is 0 Å². The van der Waals surface area contributed by atoms with E-state index in [0.29, 0.717) is 11.5 Å². The molecule has 4 heteroatoms. The molecule has 1 fully saturated rings. The van der Waals surface area contributed by atoms with Gasteiger partial charge in [0.2, 0.25) is 0 Å². The molecule has 1 aromatic carbocycles. The minimum Gasteiger partial charge on any atom is -0.298 e. The van der Waals surface area contributed by atoms with E-state index in [1.54, 1.807) is 18.2 Å². The lowest BCUT2D eigenvalue weighted by Crippen LogP contribution is -2.23. The Bertz CT molecular complexity index is 378. The van der Waals surface area contributed by atoms with Crippen LogP contribution in [0.25, 0.3) is 0 Å². The maximum absolute atomic E-state index is 13.8. The average Bonchev–Trinajstić information content (AvgIpc) is 2.65. The molecule has 1 aromatic rings. The molecular formula is C12H12F2OS. The second-order valence-corrected chi connectivity index (χ2v) is 4.98. The van der Waals surface area contributed by atoms with Gasteiger partial charge in [-0.2, -0.15) is 11.8 Å². The number of alkyl halides is 2. The molecular weight excluding hydrogens is 230 g/mol. The number of Topliss-reactive ketones (excluding diaryl/α,β-unsaturated/α-hetero) is 1. The lowest BCUT2D eigenvalue weighted by Gasteiger charge is -2.19. The van der Waals surface area contributed by atoms with E-state index in [4.69, 9.17) is 0 Å². The van der Waals surface area contributed by atoms with E-state index in [2.05, 4.69) is 0 Å². The van der Waals surface area contributed by atoms with Gasteiger partial charge in [0.25, 0.3) is 5.92 Å². The van der Waals surface area contributed by atoms with Crippen LogP contribution in [0.3, 0.4) is 0 Å². The summed E-state index contributed by atoms with van der Waals surface area (Å²) in [5.41, 5.74) is -0.000278. The Balaban J connectivity index is 2.11. The Morgan fingerprint density at radius 2 is 2.00 bits per heavy atom. The highest BCUT2D eigenvalue weighted by Gasteiger charge is 2.38. The van der Waals surface area contributed by atoms with E-state index < -0.39 is 11.8 Å². The Labute approximate surface area is 97.2 Å². The third-order valence-corrected chi connectivity index (χ3v) is 3.84. The van der Waals surface area contributed by atoms with Crippen LogP contribution in [0.5, 0.6) is 0 Å². The van der Waals surface area contributed by atoms with Gasteiger partial charge in [-0.25, -0.2) is 8.78 Å². The van der Waals surface area contributed by atoms with Gasteiger partial charge in [0.15, 0.2) is 0 Å². The average molecular weight is 242 g/mol. The zero-order valence-electron chi connectivity index (χ0n) is 8.66.